The number of benzene rings is 1. The molecule has 1 amide bonds. The van der Waals surface area contributed by atoms with E-state index in [0.717, 1.165) is 17.8 Å². The number of anilines is 2. The van der Waals surface area contributed by atoms with Crippen LogP contribution in [0.1, 0.15) is 31.2 Å². The zero-order chi connectivity index (χ0) is 23.5. The maximum atomic E-state index is 13.9. The zero-order valence-corrected chi connectivity index (χ0v) is 18.2. The summed E-state index contributed by atoms with van der Waals surface area (Å²) in [6.45, 7) is 2.74. The van der Waals surface area contributed by atoms with Crippen molar-refractivity contribution in [3.05, 3.63) is 41.2 Å². The molecule has 2 aromatic rings. The fourth-order valence-electron chi connectivity index (χ4n) is 4.04. The number of amides is 1. The number of nitrogens with zero attached hydrogens (tertiary/aromatic N) is 4. The molecule has 33 heavy (non-hydrogen) atoms. The lowest BCUT2D eigenvalue weighted by Gasteiger charge is -2.35. The molecular formula is C22H25F4N5O2. The average Bonchev–Trinajstić information content (AvgIpc) is 2.79. The van der Waals surface area contributed by atoms with Gasteiger partial charge >= 0.3 is 0 Å². The second-order valence-electron chi connectivity index (χ2n) is 8.13. The Morgan fingerprint density at radius 1 is 1.18 bits per heavy atom. The lowest BCUT2D eigenvalue weighted by Crippen LogP contribution is -2.40. The first-order valence-electron chi connectivity index (χ1n) is 10.8. The SMILES string of the molecule is CC(=O)N1CCc2nc(N3CCC(Oc4ccc(F)cc4F)CC3)c(NCC(F)F)nc2C1. The highest BCUT2D eigenvalue weighted by Crippen LogP contribution is 2.30. The molecule has 1 fully saturated rings. The van der Waals surface area contributed by atoms with E-state index in [1.165, 1.54) is 13.0 Å². The van der Waals surface area contributed by atoms with Crippen LogP contribution in [0.3, 0.4) is 0 Å². The molecule has 0 saturated carbocycles. The van der Waals surface area contributed by atoms with Gasteiger partial charge < -0.3 is 19.9 Å². The monoisotopic (exact) mass is 467 g/mol. The highest BCUT2D eigenvalue weighted by molar-refractivity contribution is 5.73. The fourth-order valence-corrected chi connectivity index (χ4v) is 4.04. The van der Waals surface area contributed by atoms with Crippen LogP contribution in [0.25, 0.3) is 0 Å². The van der Waals surface area contributed by atoms with Gasteiger partial charge in [0.1, 0.15) is 11.9 Å². The van der Waals surface area contributed by atoms with Gasteiger partial charge in [-0.1, -0.05) is 0 Å². The standard InChI is InChI=1S/C22H25F4N5O2/c1-13(32)31-9-6-17-18(12-31)28-21(27-11-20(25)26)22(29-17)30-7-4-15(5-8-30)33-19-3-2-14(23)10-16(19)24/h2-3,10,15,20H,4-9,11-12H2,1H3,(H,27,28). The Balaban J connectivity index is 1.49. The number of hydrogen-bond acceptors (Lipinski definition) is 6. The first kappa shape index (κ1) is 23.1. The Hall–Kier alpha value is -3.11. The number of alkyl halides is 2. The van der Waals surface area contributed by atoms with Crippen LogP contribution in [0.2, 0.25) is 0 Å². The molecule has 0 unspecified atom stereocenters. The molecule has 0 atom stereocenters. The highest BCUT2D eigenvalue weighted by Gasteiger charge is 2.28. The van der Waals surface area contributed by atoms with Gasteiger partial charge in [-0.3, -0.25) is 4.79 Å². The van der Waals surface area contributed by atoms with E-state index in [-0.39, 0.29) is 23.6 Å². The molecule has 11 heteroatoms. The summed E-state index contributed by atoms with van der Waals surface area (Å²) in [5, 5.41) is 2.68. The Labute approximate surface area is 188 Å². The van der Waals surface area contributed by atoms with Crippen molar-refractivity contribution in [3.8, 4) is 5.75 Å². The molecule has 2 aliphatic rings. The summed E-state index contributed by atoms with van der Waals surface area (Å²) in [5.74, 6) is -0.765. The molecular weight excluding hydrogens is 442 g/mol. The van der Waals surface area contributed by atoms with Gasteiger partial charge in [0.05, 0.1) is 24.5 Å². The first-order valence-corrected chi connectivity index (χ1v) is 10.8. The number of carbonyl (C=O) groups excluding carboxylic acids is 1. The summed E-state index contributed by atoms with van der Waals surface area (Å²) in [6, 6.07) is 3.19. The van der Waals surface area contributed by atoms with Crippen LogP contribution in [0.4, 0.5) is 29.2 Å². The van der Waals surface area contributed by atoms with Crippen LogP contribution in [-0.4, -0.2) is 59.5 Å². The summed E-state index contributed by atoms with van der Waals surface area (Å²) in [6.07, 6.45) is -1.21. The molecule has 0 aliphatic carbocycles. The number of aromatic nitrogens is 2. The van der Waals surface area contributed by atoms with E-state index in [1.54, 1.807) is 4.90 Å². The van der Waals surface area contributed by atoms with Gasteiger partial charge in [-0.15, -0.1) is 0 Å². The van der Waals surface area contributed by atoms with Crippen LogP contribution >= 0.6 is 0 Å². The third-order valence-electron chi connectivity index (χ3n) is 5.79. The van der Waals surface area contributed by atoms with Gasteiger partial charge in [0.25, 0.3) is 6.43 Å². The van der Waals surface area contributed by atoms with Crippen molar-refractivity contribution >= 4 is 17.5 Å². The number of fused-ring (bicyclic) bond motifs is 1. The maximum Gasteiger partial charge on any atom is 0.255 e. The molecule has 3 heterocycles. The zero-order valence-electron chi connectivity index (χ0n) is 18.2. The number of carbonyl (C=O) groups is 1. The van der Waals surface area contributed by atoms with Crippen molar-refractivity contribution in [1.29, 1.82) is 0 Å². The second-order valence-corrected chi connectivity index (χ2v) is 8.13. The Kier molecular flexibility index (Phi) is 6.85. The summed E-state index contributed by atoms with van der Waals surface area (Å²) in [4.78, 5) is 24.6. The van der Waals surface area contributed by atoms with Crippen molar-refractivity contribution in [2.24, 2.45) is 0 Å². The van der Waals surface area contributed by atoms with Crippen molar-refractivity contribution in [2.45, 2.75) is 45.3 Å². The number of rotatable bonds is 6. The first-order chi connectivity index (χ1) is 15.8. The van der Waals surface area contributed by atoms with Gasteiger partial charge in [-0.25, -0.2) is 27.5 Å². The number of piperidine rings is 1. The van der Waals surface area contributed by atoms with Crippen LogP contribution in [0.15, 0.2) is 18.2 Å². The van der Waals surface area contributed by atoms with Crippen molar-refractivity contribution in [2.75, 3.05) is 36.4 Å². The van der Waals surface area contributed by atoms with E-state index in [1.807, 2.05) is 4.90 Å². The molecule has 4 rings (SSSR count). The number of halogens is 4. The summed E-state index contributed by atoms with van der Waals surface area (Å²) < 4.78 is 58.5. The fraction of sp³-hybridized carbons (Fsp3) is 0.500. The molecule has 1 N–H and O–H groups in total. The van der Waals surface area contributed by atoms with Gasteiger partial charge in [-0.2, -0.15) is 0 Å². The number of nitrogens with one attached hydrogen (secondary N) is 1. The minimum absolute atomic E-state index is 0.00210. The van der Waals surface area contributed by atoms with E-state index in [9.17, 15) is 22.4 Å². The van der Waals surface area contributed by atoms with Crippen molar-refractivity contribution in [3.63, 3.8) is 0 Å². The molecule has 1 saturated heterocycles. The summed E-state index contributed by atoms with van der Waals surface area (Å²) in [5.41, 5.74) is 1.35. The Bertz CT molecular complexity index is 1010. The second kappa shape index (κ2) is 9.80. The van der Waals surface area contributed by atoms with E-state index >= 15 is 0 Å². The van der Waals surface area contributed by atoms with Gasteiger partial charge in [0.15, 0.2) is 23.2 Å². The third-order valence-corrected chi connectivity index (χ3v) is 5.79. The van der Waals surface area contributed by atoms with Gasteiger partial charge in [0, 0.05) is 51.9 Å². The van der Waals surface area contributed by atoms with Crippen LogP contribution < -0.4 is 15.0 Å². The average molecular weight is 467 g/mol. The molecule has 178 valence electrons. The summed E-state index contributed by atoms with van der Waals surface area (Å²) in [7, 11) is 0. The predicted molar refractivity (Wildman–Crippen MR) is 114 cm³/mol. The van der Waals surface area contributed by atoms with E-state index < -0.39 is 24.6 Å². The maximum absolute atomic E-state index is 13.9. The van der Waals surface area contributed by atoms with Crippen LogP contribution in [-0.2, 0) is 17.8 Å². The molecule has 0 radical (unpaired) electrons. The van der Waals surface area contributed by atoms with Gasteiger partial charge in [-0.05, 0) is 12.1 Å². The van der Waals surface area contributed by atoms with Crippen molar-refractivity contribution in [1.82, 2.24) is 14.9 Å². The molecule has 1 aromatic heterocycles. The Morgan fingerprint density at radius 2 is 1.94 bits per heavy atom. The molecule has 7 nitrogen and oxygen atoms in total. The largest absolute Gasteiger partial charge is 0.487 e. The molecule has 0 bridgehead atoms. The van der Waals surface area contributed by atoms with Crippen LogP contribution in [0.5, 0.6) is 5.75 Å². The molecule has 2 aliphatic heterocycles. The van der Waals surface area contributed by atoms with Crippen LogP contribution in [0, 0.1) is 11.6 Å². The van der Waals surface area contributed by atoms with Crippen molar-refractivity contribution < 1.29 is 27.1 Å². The minimum Gasteiger partial charge on any atom is -0.487 e. The quantitative estimate of drug-likeness (QED) is 0.657. The summed E-state index contributed by atoms with van der Waals surface area (Å²) >= 11 is 0. The topological polar surface area (TPSA) is 70.6 Å². The highest BCUT2D eigenvalue weighted by atomic mass is 19.3. The third kappa shape index (κ3) is 5.45. The smallest absolute Gasteiger partial charge is 0.255 e. The molecule has 0 spiro atoms. The lowest BCUT2D eigenvalue weighted by molar-refractivity contribution is -0.129. The Morgan fingerprint density at radius 3 is 2.61 bits per heavy atom. The van der Waals surface area contributed by atoms with E-state index in [0.29, 0.717) is 57.0 Å². The van der Waals surface area contributed by atoms with Gasteiger partial charge in [0.2, 0.25) is 5.91 Å². The minimum atomic E-state index is -2.56. The predicted octanol–water partition coefficient (Wildman–Crippen LogP) is 3.38. The number of hydrogen-bond donors (Lipinski definition) is 1. The number of ether oxygens (including phenoxy) is 1. The normalized spacial score (nSPS) is 16.7. The van der Waals surface area contributed by atoms with E-state index in [2.05, 4.69) is 10.3 Å². The van der Waals surface area contributed by atoms with E-state index in [4.69, 9.17) is 9.72 Å². The lowest BCUT2D eigenvalue weighted by atomic mass is 10.1. The molecule has 1 aromatic carbocycles.